The first-order valence-corrected chi connectivity index (χ1v) is 4.72. The monoisotopic (exact) mass is 191 g/mol. The minimum Gasteiger partial charge on any atom is -0.508 e. The Kier molecular flexibility index (Phi) is 2.41. The predicted molar refractivity (Wildman–Crippen MR) is 55.3 cm³/mol. The van der Waals surface area contributed by atoms with Gasteiger partial charge in [-0.15, -0.1) is 0 Å². The standard InChI is InChI=1S/C11H13NO2/c1-2-12-7-10-5-8-3-4-9(13)6-11(8)14-10/h3-6,12-13H,2,7H2,1H3. The fourth-order valence-corrected chi connectivity index (χ4v) is 1.41. The molecule has 0 spiro atoms. The summed E-state index contributed by atoms with van der Waals surface area (Å²) >= 11 is 0. The van der Waals surface area contributed by atoms with Gasteiger partial charge in [-0.1, -0.05) is 6.92 Å². The topological polar surface area (TPSA) is 45.4 Å². The fraction of sp³-hybridized carbons (Fsp3) is 0.273. The summed E-state index contributed by atoms with van der Waals surface area (Å²) in [5.74, 6) is 1.13. The van der Waals surface area contributed by atoms with Crippen LogP contribution in [0.25, 0.3) is 11.0 Å². The zero-order valence-electron chi connectivity index (χ0n) is 8.08. The minimum absolute atomic E-state index is 0.238. The van der Waals surface area contributed by atoms with Crippen LogP contribution in [0.1, 0.15) is 12.7 Å². The number of rotatable bonds is 3. The molecule has 0 aliphatic rings. The van der Waals surface area contributed by atoms with E-state index in [2.05, 4.69) is 12.2 Å². The Labute approximate surface area is 82.3 Å². The molecule has 0 fully saturated rings. The molecule has 0 saturated carbocycles. The zero-order valence-corrected chi connectivity index (χ0v) is 8.08. The maximum Gasteiger partial charge on any atom is 0.138 e. The quantitative estimate of drug-likeness (QED) is 0.782. The first-order chi connectivity index (χ1) is 6.79. The summed E-state index contributed by atoms with van der Waals surface area (Å²) in [6.45, 7) is 3.70. The van der Waals surface area contributed by atoms with Gasteiger partial charge in [-0.25, -0.2) is 0 Å². The maximum atomic E-state index is 9.24. The van der Waals surface area contributed by atoms with Crippen LogP contribution in [0, 0.1) is 0 Å². The molecule has 0 atom stereocenters. The molecule has 1 aromatic carbocycles. The number of fused-ring (bicyclic) bond motifs is 1. The summed E-state index contributed by atoms with van der Waals surface area (Å²) in [5.41, 5.74) is 0.734. The molecule has 0 amide bonds. The zero-order chi connectivity index (χ0) is 9.97. The van der Waals surface area contributed by atoms with Crippen LogP contribution in [0.2, 0.25) is 0 Å². The Morgan fingerprint density at radius 1 is 1.36 bits per heavy atom. The first-order valence-electron chi connectivity index (χ1n) is 4.72. The number of nitrogens with one attached hydrogen (secondary N) is 1. The van der Waals surface area contributed by atoms with Gasteiger partial charge in [0.2, 0.25) is 0 Å². The Bertz CT molecular complexity index is 434. The Morgan fingerprint density at radius 3 is 3.00 bits per heavy atom. The SMILES string of the molecule is CCNCc1cc2ccc(O)cc2o1. The molecule has 3 heteroatoms. The number of furan rings is 1. The summed E-state index contributed by atoms with van der Waals surface area (Å²) in [5, 5.41) is 13.4. The van der Waals surface area contributed by atoms with E-state index >= 15 is 0 Å². The summed E-state index contributed by atoms with van der Waals surface area (Å²) in [6, 6.07) is 7.13. The van der Waals surface area contributed by atoms with Crippen LogP contribution in [-0.4, -0.2) is 11.7 Å². The highest BCUT2D eigenvalue weighted by atomic mass is 16.3. The first kappa shape index (κ1) is 9.09. The number of phenolic OH excluding ortho intramolecular Hbond substituents is 1. The van der Waals surface area contributed by atoms with E-state index in [9.17, 15) is 5.11 Å². The van der Waals surface area contributed by atoms with Crippen molar-refractivity contribution in [2.75, 3.05) is 6.54 Å². The van der Waals surface area contributed by atoms with E-state index in [1.54, 1.807) is 12.1 Å². The van der Waals surface area contributed by atoms with Gasteiger partial charge < -0.3 is 14.8 Å². The lowest BCUT2D eigenvalue weighted by Crippen LogP contribution is -2.10. The van der Waals surface area contributed by atoms with Gasteiger partial charge >= 0.3 is 0 Å². The van der Waals surface area contributed by atoms with E-state index in [1.807, 2.05) is 12.1 Å². The largest absolute Gasteiger partial charge is 0.508 e. The van der Waals surface area contributed by atoms with E-state index in [4.69, 9.17) is 4.42 Å². The summed E-state index contributed by atoms with van der Waals surface area (Å²) in [4.78, 5) is 0. The summed E-state index contributed by atoms with van der Waals surface area (Å²) in [7, 11) is 0. The molecular weight excluding hydrogens is 178 g/mol. The molecule has 2 N–H and O–H groups in total. The average Bonchev–Trinajstić information content (AvgIpc) is 2.56. The van der Waals surface area contributed by atoms with Crippen LogP contribution in [0.4, 0.5) is 0 Å². The van der Waals surface area contributed by atoms with Gasteiger partial charge in [-0.05, 0) is 24.7 Å². The summed E-state index contributed by atoms with van der Waals surface area (Å²) in [6.07, 6.45) is 0. The van der Waals surface area contributed by atoms with Crippen molar-refractivity contribution >= 4 is 11.0 Å². The van der Waals surface area contributed by atoms with Crippen LogP contribution >= 0.6 is 0 Å². The van der Waals surface area contributed by atoms with Gasteiger partial charge in [0.15, 0.2) is 0 Å². The highest BCUT2D eigenvalue weighted by Gasteiger charge is 2.03. The van der Waals surface area contributed by atoms with Gasteiger partial charge in [0.1, 0.15) is 17.1 Å². The molecule has 2 aromatic rings. The average molecular weight is 191 g/mol. The lowest BCUT2D eigenvalue weighted by molar-refractivity contribution is 0.472. The smallest absolute Gasteiger partial charge is 0.138 e. The second-order valence-electron chi connectivity index (χ2n) is 3.22. The third-order valence-electron chi connectivity index (χ3n) is 2.10. The van der Waals surface area contributed by atoms with Crippen molar-refractivity contribution in [1.29, 1.82) is 0 Å². The van der Waals surface area contributed by atoms with E-state index in [0.29, 0.717) is 0 Å². The molecular formula is C11H13NO2. The second-order valence-corrected chi connectivity index (χ2v) is 3.22. The molecule has 0 aliphatic carbocycles. The second kappa shape index (κ2) is 3.72. The summed E-state index contributed by atoms with van der Waals surface area (Å²) < 4.78 is 5.53. The highest BCUT2D eigenvalue weighted by Crippen LogP contribution is 2.23. The fourth-order valence-electron chi connectivity index (χ4n) is 1.41. The van der Waals surface area contributed by atoms with E-state index < -0.39 is 0 Å². The van der Waals surface area contributed by atoms with Crippen LogP contribution in [0.5, 0.6) is 5.75 Å². The van der Waals surface area contributed by atoms with Crippen LogP contribution < -0.4 is 5.32 Å². The molecule has 1 aromatic heterocycles. The Morgan fingerprint density at radius 2 is 2.21 bits per heavy atom. The number of benzene rings is 1. The normalized spacial score (nSPS) is 10.9. The van der Waals surface area contributed by atoms with Crippen molar-refractivity contribution in [2.45, 2.75) is 13.5 Å². The molecule has 0 radical (unpaired) electrons. The number of aromatic hydroxyl groups is 1. The molecule has 0 saturated heterocycles. The molecule has 2 rings (SSSR count). The van der Waals surface area contributed by atoms with Crippen molar-refractivity contribution < 1.29 is 9.52 Å². The molecule has 14 heavy (non-hydrogen) atoms. The minimum atomic E-state index is 0.238. The van der Waals surface area contributed by atoms with Crippen molar-refractivity contribution in [3.05, 3.63) is 30.0 Å². The molecule has 0 unspecified atom stereocenters. The predicted octanol–water partition coefficient (Wildman–Crippen LogP) is 2.25. The van der Waals surface area contributed by atoms with E-state index in [1.165, 1.54) is 0 Å². The van der Waals surface area contributed by atoms with Crippen LogP contribution in [0.15, 0.2) is 28.7 Å². The van der Waals surface area contributed by atoms with Gasteiger partial charge in [0.05, 0.1) is 6.54 Å². The van der Waals surface area contributed by atoms with Gasteiger partial charge in [-0.3, -0.25) is 0 Å². The van der Waals surface area contributed by atoms with Gasteiger partial charge in [0, 0.05) is 11.5 Å². The lowest BCUT2D eigenvalue weighted by Gasteiger charge is -1.94. The number of hydrogen-bond acceptors (Lipinski definition) is 3. The molecule has 0 bridgehead atoms. The van der Waals surface area contributed by atoms with Crippen molar-refractivity contribution in [2.24, 2.45) is 0 Å². The molecule has 74 valence electrons. The van der Waals surface area contributed by atoms with Crippen molar-refractivity contribution in [3.8, 4) is 5.75 Å². The van der Waals surface area contributed by atoms with Gasteiger partial charge in [-0.2, -0.15) is 0 Å². The number of phenols is 1. The molecule has 3 nitrogen and oxygen atoms in total. The van der Waals surface area contributed by atoms with Gasteiger partial charge in [0.25, 0.3) is 0 Å². The van der Waals surface area contributed by atoms with Crippen molar-refractivity contribution in [3.63, 3.8) is 0 Å². The van der Waals surface area contributed by atoms with Crippen molar-refractivity contribution in [1.82, 2.24) is 5.32 Å². The van der Waals surface area contributed by atoms with E-state index in [-0.39, 0.29) is 5.75 Å². The third kappa shape index (κ3) is 1.72. The number of hydrogen-bond donors (Lipinski definition) is 2. The molecule has 1 heterocycles. The Hall–Kier alpha value is -1.48. The van der Waals surface area contributed by atoms with Crippen LogP contribution in [-0.2, 0) is 6.54 Å². The van der Waals surface area contributed by atoms with Crippen LogP contribution in [0.3, 0.4) is 0 Å². The maximum absolute atomic E-state index is 9.24. The third-order valence-corrected chi connectivity index (χ3v) is 2.10. The van der Waals surface area contributed by atoms with E-state index in [0.717, 1.165) is 29.8 Å². The highest BCUT2D eigenvalue weighted by molar-refractivity contribution is 5.79. The lowest BCUT2D eigenvalue weighted by atomic mass is 10.2. The molecule has 0 aliphatic heterocycles. The Balaban J connectivity index is 2.32.